The quantitative estimate of drug-likeness (QED) is 0.595. The first-order valence-corrected chi connectivity index (χ1v) is 2.94. The Morgan fingerprint density at radius 2 is 2.27 bits per heavy atom. The molecule has 5 nitrogen and oxygen atoms in total. The van der Waals surface area contributed by atoms with Crippen LogP contribution < -0.4 is 5.73 Å². The molecule has 0 unspecified atom stereocenters. The van der Waals surface area contributed by atoms with E-state index in [1.165, 1.54) is 6.07 Å². The Morgan fingerprint density at radius 1 is 1.64 bits per heavy atom. The highest BCUT2D eigenvalue weighted by atomic mass is 16.4. The number of aromatic nitrogens is 2. The van der Waals surface area contributed by atoms with E-state index in [0.29, 0.717) is 5.69 Å². The summed E-state index contributed by atoms with van der Waals surface area (Å²) in [5.41, 5.74) is 5.83. The monoisotopic (exact) mass is 153 g/mol. The van der Waals surface area contributed by atoms with Crippen molar-refractivity contribution >= 4 is 11.8 Å². The Morgan fingerprint density at radius 3 is 2.73 bits per heavy atom. The molecule has 5 heteroatoms. The number of aryl methyl sites for hydroxylation is 1. The van der Waals surface area contributed by atoms with Gasteiger partial charge in [-0.05, 0) is 6.92 Å². The van der Waals surface area contributed by atoms with Gasteiger partial charge in [-0.1, -0.05) is 0 Å². The lowest BCUT2D eigenvalue weighted by molar-refractivity contribution is 0.0683. The minimum Gasteiger partial charge on any atom is -0.475 e. The summed E-state index contributed by atoms with van der Waals surface area (Å²) < 4.78 is 0. The number of nitrogens with zero attached hydrogens (tertiary/aromatic N) is 2. The molecular weight excluding hydrogens is 146 g/mol. The maximum atomic E-state index is 10.3. The zero-order chi connectivity index (χ0) is 8.43. The van der Waals surface area contributed by atoms with Gasteiger partial charge in [0.05, 0.1) is 0 Å². The number of hydrogen-bond acceptors (Lipinski definition) is 4. The van der Waals surface area contributed by atoms with Crippen molar-refractivity contribution < 1.29 is 9.90 Å². The van der Waals surface area contributed by atoms with Crippen molar-refractivity contribution in [2.75, 3.05) is 5.73 Å². The lowest BCUT2D eigenvalue weighted by Crippen LogP contribution is -2.07. The van der Waals surface area contributed by atoms with Crippen molar-refractivity contribution in [1.82, 2.24) is 9.97 Å². The fourth-order valence-electron chi connectivity index (χ4n) is 0.689. The lowest BCUT2D eigenvalue weighted by Gasteiger charge is -1.96. The lowest BCUT2D eigenvalue weighted by atomic mass is 10.4. The molecule has 0 atom stereocenters. The largest absolute Gasteiger partial charge is 0.475 e. The summed E-state index contributed by atoms with van der Waals surface area (Å²) in [5, 5.41) is 8.45. The highest BCUT2D eigenvalue weighted by Gasteiger charge is 2.06. The van der Waals surface area contributed by atoms with Gasteiger partial charge in [0.25, 0.3) is 0 Å². The molecule has 1 aromatic rings. The number of nitrogen functional groups attached to an aromatic ring is 1. The highest BCUT2D eigenvalue weighted by molar-refractivity contribution is 5.83. The second-order valence-electron chi connectivity index (χ2n) is 2.06. The molecule has 0 aliphatic carbocycles. The minimum absolute atomic E-state index is 0.176. The summed E-state index contributed by atoms with van der Waals surface area (Å²) in [6.07, 6.45) is 0. The van der Waals surface area contributed by atoms with Gasteiger partial charge in [0.15, 0.2) is 0 Å². The SMILES string of the molecule is Cc1cc(N)nc(C(=O)O)n1. The fraction of sp³-hybridized carbons (Fsp3) is 0.167. The Kier molecular flexibility index (Phi) is 1.72. The smallest absolute Gasteiger partial charge is 0.374 e. The molecule has 1 rings (SSSR count). The van der Waals surface area contributed by atoms with E-state index in [1.54, 1.807) is 6.92 Å². The van der Waals surface area contributed by atoms with E-state index < -0.39 is 5.97 Å². The molecule has 58 valence electrons. The molecule has 0 radical (unpaired) electrons. The first-order chi connectivity index (χ1) is 5.09. The van der Waals surface area contributed by atoms with Crippen LogP contribution in [-0.4, -0.2) is 21.0 Å². The molecule has 0 aliphatic heterocycles. The van der Waals surface area contributed by atoms with Gasteiger partial charge < -0.3 is 10.8 Å². The van der Waals surface area contributed by atoms with Gasteiger partial charge in [-0.15, -0.1) is 0 Å². The van der Waals surface area contributed by atoms with E-state index in [1.807, 2.05) is 0 Å². The van der Waals surface area contributed by atoms with E-state index in [4.69, 9.17) is 10.8 Å². The normalized spacial score (nSPS) is 9.55. The third-order valence-electron chi connectivity index (χ3n) is 1.07. The summed E-state index contributed by atoms with van der Waals surface area (Å²) in [4.78, 5) is 17.5. The van der Waals surface area contributed by atoms with Crippen molar-refractivity contribution in [3.05, 3.63) is 17.6 Å². The van der Waals surface area contributed by atoms with Crippen LogP contribution in [0.5, 0.6) is 0 Å². The van der Waals surface area contributed by atoms with E-state index >= 15 is 0 Å². The van der Waals surface area contributed by atoms with Crippen molar-refractivity contribution in [3.8, 4) is 0 Å². The topological polar surface area (TPSA) is 89.1 Å². The molecule has 0 aromatic carbocycles. The molecule has 0 aliphatic rings. The average molecular weight is 153 g/mol. The summed E-state index contributed by atoms with van der Waals surface area (Å²) in [7, 11) is 0. The third-order valence-corrected chi connectivity index (χ3v) is 1.07. The van der Waals surface area contributed by atoms with Crippen LogP contribution in [0, 0.1) is 6.92 Å². The number of carboxylic acids is 1. The summed E-state index contributed by atoms with van der Waals surface area (Å²) in [6.45, 7) is 1.66. The van der Waals surface area contributed by atoms with Crippen LogP contribution >= 0.6 is 0 Å². The maximum Gasteiger partial charge on any atom is 0.374 e. The summed E-state index contributed by atoms with van der Waals surface area (Å²) >= 11 is 0. The number of aromatic carboxylic acids is 1. The standard InChI is InChI=1S/C6H7N3O2/c1-3-2-4(7)9-5(8-3)6(10)11/h2H,1H3,(H,10,11)(H2,7,8,9). The van der Waals surface area contributed by atoms with Gasteiger partial charge in [-0.25, -0.2) is 14.8 Å². The Balaban J connectivity index is 3.19. The molecular formula is C6H7N3O2. The Hall–Kier alpha value is -1.65. The number of anilines is 1. The minimum atomic E-state index is -1.17. The van der Waals surface area contributed by atoms with Crippen molar-refractivity contribution in [3.63, 3.8) is 0 Å². The van der Waals surface area contributed by atoms with Crippen LogP contribution in [-0.2, 0) is 0 Å². The van der Waals surface area contributed by atoms with Crippen molar-refractivity contribution in [2.45, 2.75) is 6.92 Å². The number of rotatable bonds is 1. The predicted octanol–water partition coefficient (Wildman–Crippen LogP) is 0.0654. The van der Waals surface area contributed by atoms with Crippen molar-refractivity contribution in [1.29, 1.82) is 0 Å². The molecule has 1 aromatic heterocycles. The van der Waals surface area contributed by atoms with Crippen LogP contribution in [0.15, 0.2) is 6.07 Å². The van der Waals surface area contributed by atoms with E-state index in [2.05, 4.69) is 9.97 Å². The number of hydrogen-bond donors (Lipinski definition) is 2. The Labute approximate surface area is 62.9 Å². The van der Waals surface area contributed by atoms with Crippen LogP contribution in [0.1, 0.15) is 16.3 Å². The third kappa shape index (κ3) is 1.64. The van der Waals surface area contributed by atoms with Gasteiger partial charge in [0.1, 0.15) is 5.82 Å². The van der Waals surface area contributed by atoms with Gasteiger partial charge in [-0.3, -0.25) is 0 Å². The molecule has 0 fully saturated rings. The second kappa shape index (κ2) is 2.53. The zero-order valence-corrected chi connectivity index (χ0v) is 5.90. The summed E-state index contributed by atoms with van der Waals surface area (Å²) in [5.74, 6) is -1.25. The zero-order valence-electron chi connectivity index (χ0n) is 5.90. The molecule has 11 heavy (non-hydrogen) atoms. The fourth-order valence-corrected chi connectivity index (χ4v) is 0.689. The summed E-state index contributed by atoms with van der Waals surface area (Å²) in [6, 6.07) is 1.51. The molecule has 0 amide bonds. The first-order valence-electron chi connectivity index (χ1n) is 2.94. The van der Waals surface area contributed by atoms with E-state index in [-0.39, 0.29) is 11.6 Å². The predicted molar refractivity (Wildman–Crippen MR) is 38.1 cm³/mol. The molecule has 0 spiro atoms. The van der Waals surface area contributed by atoms with Crippen LogP contribution in [0.4, 0.5) is 5.82 Å². The van der Waals surface area contributed by atoms with E-state index in [0.717, 1.165) is 0 Å². The Bertz CT molecular complexity index is 278. The van der Waals surface area contributed by atoms with Gasteiger partial charge in [-0.2, -0.15) is 0 Å². The van der Waals surface area contributed by atoms with Crippen LogP contribution in [0.25, 0.3) is 0 Å². The van der Waals surface area contributed by atoms with Crippen LogP contribution in [0.2, 0.25) is 0 Å². The molecule has 0 saturated heterocycles. The average Bonchev–Trinajstić information content (AvgIpc) is 1.85. The molecule has 0 bridgehead atoms. The van der Waals surface area contributed by atoms with Gasteiger partial charge in [0, 0.05) is 11.8 Å². The highest BCUT2D eigenvalue weighted by Crippen LogP contribution is 2.00. The molecule has 3 N–H and O–H groups in total. The van der Waals surface area contributed by atoms with Crippen molar-refractivity contribution in [2.24, 2.45) is 0 Å². The number of carboxylic acid groups (broad SMARTS) is 1. The maximum absolute atomic E-state index is 10.3. The molecule has 0 saturated carbocycles. The number of carbonyl (C=O) groups is 1. The first kappa shape index (κ1) is 7.46. The van der Waals surface area contributed by atoms with Gasteiger partial charge in [0.2, 0.25) is 5.82 Å². The number of nitrogens with two attached hydrogens (primary N) is 1. The molecule has 1 heterocycles. The van der Waals surface area contributed by atoms with Crippen LogP contribution in [0.3, 0.4) is 0 Å². The second-order valence-corrected chi connectivity index (χ2v) is 2.06. The van der Waals surface area contributed by atoms with E-state index in [9.17, 15) is 4.79 Å². The van der Waals surface area contributed by atoms with Gasteiger partial charge >= 0.3 is 5.97 Å².